The highest BCUT2D eigenvalue weighted by atomic mass is 79.9. The van der Waals surface area contributed by atoms with Crippen LogP contribution in [-0.4, -0.2) is 28.1 Å². The van der Waals surface area contributed by atoms with E-state index in [1.165, 1.54) is 19.3 Å². The van der Waals surface area contributed by atoms with Crippen LogP contribution >= 0.6 is 27.3 Å². The van der Waals surface area contributed by atoms with Crippen molar-refractivity contribution in [1.82, 2.24) is 10.2 Å². The standard InChI is InChI=1S/C10H16BrN3S/c1-8(6-11)9-4-2-3-5-14(9)10-13-12-7-15-10/h7-9H,2-6H2,1H3. The van der Waals surface area contributed by atoms with Gasteiger partial charge in [-0.05, 0) is 25.2 Å². The second-order valence-corrected chi connectivity index (χ2v) is 5.57. The third-order valence-corrected chi connectivity index (χ3v) is 4.79. The van der Waals surface area contributed by atoms with Crippen LogP contribution in [0.4, 0.5) is 5.13 Å². The molecule has 0 N–H and O–H groups in total. The highest BCUT2D eigenvalue weighted by Gasteiger charge is 2.28. The van der Waals surface area contributed by atoms with Crippen LogP contribution in [0.2, 0.25) is 0 Å². The Balaban J connectivity index is 2.12. The smallest absolute Gasteiger partial charge is 0.208 e. The summed E-state index contributed by atoms with van der Waals surface area (Å²) < 4.78 is 0. The lowest BCUT2D eigenvalue weighted by atomic mass is 9.93. The summed E-state index contributed by atoms with van der Waals surface area (Å²) in [6, 6.07) is 0.631. The average Bonchev–Trinajstić information content (AvgIpc) is 2.81. The van der Waals surface area contributed by atoms with E-state index in [0.29, 0.717) is 12.0 Å². The zero-order valence-electron chi connectivity index (χ0n) is 8.90. The Morgan fingerprint density at radius 1 is 1.67 bits per heavy atom. The van der Waals surface area contributed by atoms with Gasteiger partial charge in [-0.25, -0.2) is 0 Å². The topological polar surface area (TPSA) is 29.0 Å². The van der Waals surface area contributed by atoms with Crippen molar-refractivity contribution in [3.63, 3.8) is 0 Å². The fourth-order valence-corrected chi connectivity index (χ4v) is 3.26. The van der Waals surface area contributed by atoms with Gasteiger partial charge in [0, 0.05) is 17.9 Å². The molecule has 0 radical (unpaired) electrons. The van der Waals surface area contributed by atoms with E-state index in [0.717, 1.165) is 17.0 Å². The van der Waals surface area contributed by atoms with Crippen molar-refractivity contribution < 1.29 is 0 Å². The van der Waals surface area contributed by atoms with Crippen LogP contribution in [0.3, 0.4) is 0 Å². The van der Waals surface area contributed by atoms with E-state index in [1.807, 2.05) is 5.51 Å². The number of nitrogens with zero attached hydrogens (tertiary/aromatic N) is 3. The molecule has 1 aromatic heterocycles. The normalized spacial score (nSPS) is 24.1. The van der Waals surface area contributed by atoms with E-state index in [2.05, 4.69) is 38.0 Å². The van der Waals surface area contributed by atoms with Crippen molar-refractivity contribution >= 4 is 32.4 Å². The third kappa shape index (κ3) is 2.50. The van der Waals surface area contributed by atoms with Gasteiger partial charge in [0.25, 0.3) is 0 Å². The predicted molar refractivity (Wildman–Crippen MR) is 67.9 cm³/mol. The van der Waals surface area contributed by atoms with Gasteiger partial charge in [-0.15, -0.1) is 10.2 Å². The van der Waals surface area contributed by atoms with Gasteiger partial charge in [0.05, 0.1) is 0 Å². The zero-order chi connectivity index (χ0) is 10.7. The van der Waals surface area contributed by atoms with E-state index in [9.17, 15) is 0 Å². The first kappa shape index (κ1) is 11.3. The van der Waals surface area contributed by atoms with Crippen LogP contribution in [0.5, 0.6) is 0 Å². The molecule has 0 aromatic carbocycles. The molecular weight excluding hydrogens is 274 g/mol. The molecule has 0 bridgehead atoms. The van der Waals surface area contributed by atoms with Gasteiger partial charge < -0.3 is 4.90 Å². The molecule has 5 heteroatoms. The second kappa shape index (κ2) is 5.25. The number of hydrogen-bond acceptors (Lipinski definition) is 4. The van der Waals surface area contributed by atoms with Gasteiger partial charge in [0.15, 0.2) is 0 Å². The van der Waals surface area contributed by atoms with Crippen molar-refractivity contribution in [2.45, 2.75) is 32.2 Å². The predicted octanol–water partition coefficient (Wildman–Crippen LogP) is 2.93. The van der Waals surface area contributed by atoms with Crippen molar-refractivity contribution in [3.8, 4) is 0 Å². The number of alkyl halides is 1. The number of piperidine rings is 1. The van der Waals surface area contributed by atoms with Gasteiger partial charge in [-0.3, -0.25) is 0 Å². The Morgan fingerprint density at radius 3 is 3.20 bits per heavy atom. The summed E-state index contributed by atoms with van der Waals surface area (Å²) in [4.78, 5) is 2.44. The Labute approximate surface area is 103 Å². The first-order valence-corrected chi connectivity index (χ1v) is 7.42. The van der Waals surface area contributed by atoms with E-state index in [-0.39, 0.29) is 0 Å². The van der Waals surface area contributed by atoms with E-state index in [1.54, 1.807) is 11.3 Å². The van der Waals surface area contributed by atoms with Crippen LogP contribution in [0.25, 0.3) is 0 Å². The maximum absolute atomic E-state index is 4.19. The molecule has 0 aliphatic carbocycles. The molecule has 2 unspecified atom stereocenters. The van der Waals surface area contributed by atoms with Crippen molar-refractivity contribution in [3.05, 3.63) is 5.51 Å². The van der Waals surface area contributed by atoms with E-state index < -0.39 is 0 Å². The summed E-state index contributed by atoms with van der Waals surface area (Å²) in [7, 11) is 0. The van der Waals surface area contributed by atoms with Crippen molar-refractivity contribution in [2.24, 2.45) is 5.92 Å². The molecule has 84 valence electrons. The van der Waals surface area contributed by atoms with E-state index >= 15 is 0 Å². The quantitative estimate of drug-likeness (QED) is 0.801. The summed E-state index contributed by atoms with van der Waals surface area (Å²) in [6.07, 6.45) is 3.91. The largest absolute Gasteiger partial charge is 0.343 e. The molecule has 0 spiro atoms. The number of rotatable bonds is 3. The van der Waals surface area contributed by atoms with Gasteiger partial charge >= 0.3 is 0 Å². The SMILES string of the molecule is CC(CBr)C1CCCCN1c1nncs1. The van der Waals surface area contributed by atoms with Crippen LogP contribution < -0.4 is 4.90 Å². The minimum Gasteiger partial charge on any atom is -0.343 e. The highest BCUT2D eigenvalue weighted by Crippen LogP contribution is 2.30. The van der Waals surface area contributed by atoms with Crippen molar-refractivity contribution in [2.75, 3.05) is 16.8 Å². The van der Waals surface area contributed by atoms with Crippen molar-refractivity contribution in [1.29, 1.82) is 0 Å². The van der Waals surface area contributed by atoms with Gasteiger partial charge in [-0.2, -0.15) is 0 Å². The number of hydrogen-bond donors (Lipinski definition) is 0. The molecule has 2 rings (SSSR count). The Hall–Kier alpha value is -0.160. The van der Waals surface area contributed by atoms with Crippen LogP contribution in [-0.2, 0) is 0 Å². The zero-order valence-corrected chi connectivity index (χ0v) is 11.3. The van der Waals surface area contributed by atoms with Crippen LogP contribution in [0.15, 0.2) is 5.51 Å². The minimum absolute atomic E-state index is 0.631. The maximum Gasteiger partial charge on any atom is 0.208 e. The average molecular weight is 290 g/mol. The Kier molecular flexibility index (Phi) is 3.97. The molecule has 1 aliphatic heterocycles. The molecule has 15 heavy (non-hydrogen) atoms. The molecule has 0 saturated carbocycles. The summed E-state index contributed by atoms with van der Waals surface area (Å²) in [5.41, 5.74) is 1.82. The van der Waals surface area contributed by atoms with Gasteiger partial charge in [0.2, 0.25) is 5.13 Å². The van der Waals surface area contributed by atoms with Crippen LogP contribution in [0.1, 0.15) is 26.2 Å². The third-order valence-electron chi connectivity index (χ3n) is 3.04. The van der Waals surface area contributed by atoms with Crippen LogP contribution in [0, 0.1) is 5.92 Å². The number of anilines is 1. The van der Waals surface area contributed by atoms with Gasteiger partial charge in [0.1, 0.15) is 5.51 Å². The lowest BCUT2D eigenvalue weighted by molar-refractivity contribution is 0.379. The fraction of sp³-hybridized carbons (Fsp3) is 0.800. The molecule has 1 aromatic rings. The molecule has 2 heterocycles. The van der Waals surface area contributed by atoms with Gasteiger partial charge in [-0.1, -0.05) is 34.2 Å². The Bertz CT molecular complexity index is 291. The molecule has 2 atom stereocenters. The summed E-state index contributed by atoms with van der Waals surface area (Å²) in [6.45, 7) is 3.44. The summed E-state index contributed by atoms with van der Waals surface area (Å²) in [5.74, 6) is 0.675. The molecule has 1 aliphatic rings. The lowest BCUT2D eigenvalue weighted by Crippen LogP contribution is -2.44. The summed E-state index contributed by atoms with van der Waals surface area (Å²) >= 11 is 5.23. The summed E-state index contributed by atoms with van der Waals surface area (Å²) in [5, 5.41) is 10.3. The first-order valence-electron chi connectivity index (χ1n) is 5.41. The molecule has 3 nitrogen and oxygen atoms in total. The molecule has 0 amide bonds. The Morgan fingerprint density at radius 2 is 2.53 bits per heavy atom. The maximum atomic E-state index is 4.19. The molecule has 1 saturated heterocycles. The fourth-order valence-electron chi connectivity index (χ4n) is 2.18. The van der Waals surface area contributed by atoms with E-state index in [4.69, 9.17) is 0 Å². The second-order valence-electron chi connectivity index (χ2n) is 4.11. The monoisotopic (exact) mass is 289 g/mol. The first-order chi connectivity index (χ1) is 7.33. The minimum atomic E-state index is 0.631. The number of halogens is 1. The highest BCUT2D eigenvalue weighted by molar-refractivity contribution is 9.09. The number of aromatic nitrogens is 2. The lowest BCUT2D eigenvalue weighted by Gasteiger charge is -2.38. The molecular formula is C10H16BrN3S. The molecule has 1 fully saturated rings.